The second-order valence-electron chi connectivity index (χ2n) is 8.49. The number of benzene rings is 2. The number of nitriles is 1. The minimum Gasteiger partial charge on any atom is -0.489 e. The van der Waals surface area contributed by atoms with Gasteiger partial charge in [-0.25, -0.2) is 0 Å². The van der Waals surface area contributed by atoms with Crippen molar-refractivity contribution in [1.82, 2.24) is 10.3 Å². The molecule has 0 atom stereocenters. The Morgan fingerprint density at radius 1 is 1.11 bits per heavy atom. The van der Waals surface area contributed by atoms with Gasteiger partial charge in [0.2, 0.25) is 0 Å². The van der Waals surface area contributed by atoms with Crippen molar-refractivity contribution < 1.29 is 23.8 Å². The maximum absolute atomic E-state index is 12.1. The summed E-state index contributed by atoms with van der Waals surface area (Å²) in [5.74, 6) is 0.940. The van der Waals surface area contributed by atoms with Crippen LogP contribution in [-0.4, -0.2) is 48.5 Å². The molecule has 36 heavy (non-hydrogen) atoms. The van der Waals surface area contributed by atoms with Crippen molar-refractivity contribution in [2.45, 2.75) is 18.9 Å². The Balaban J connectivity index is 1.43. The van der Waals surface area contributed by atoms with Gasteiger partial charge in [-0.15, -0.1) is 0 Å². The number of fused-ring (bicyclic) bond motifs is 1. The molecule has 2 N–H and O–H groups in total. The normalized spacial score (nSPS) is 13.9. The van der Waals surface area contributed by atoms with E-state index in [0.717, 1.165) is 29.5 Å². The molecule has 1 aliphatic heterocycles. The molecule has 8 heteroatoms. The van der Waals surface area contributed by atoms with Crippen LogP contribution < -0.4 is 10.1 Å². The number of nitrogens with one attached hydrogen (secondary N) is 1. The van der Waals surface area contributed by atoms with E-state index in [1.165, 1.54) is 0 Å². The number of nitrogens with zero attached hydrogens (tertiary/aromatic N) is 2. The van der Waals surface area contributed by atoms with Gasteiger partial charge in [-0.05, 0) is 35.9 Å². The number of pyridine rings is 1. The summed E-state index contributed by atoms with van der Waals surface area (Å²) in [7, 11) is 0. The second kappa shape index (κ2) is 10.6. The van der Waals surface area contributed by atoms with Gasteiger partial charge in [-0.3, -0.25) is 9.78 Å². The van der Waals surface area contributed by atoms with Gasteiger partial charge < -0.3 is 24.3 Å². The van der Waals surface area contributed by atoms with Crippen LogP contribution in [0, 0.1) is 11.3 Å². The van der Waals surface area contributed by atoms with Gasteiger partial charge in [-0.1, -0.05) is 18.2 Å². The molecule has 5 rings (SSSR count). The van der Waals surface area contributed by atoms with Gasteiger partial charge in [0.05, 0.1) is 25.4 Å². The van der Waals surface area contributed by atoms with Crippen LogP contribution >= 0.6 is 0 Å². The number of furan rings is 1. The highest BCUT2D eigenvalue weighted by Gasteiger charge is 2.19. The molecule has 4 aromatic rings. The van der Waals surface area contributed by atoms with Crippen LogP contribution in [0.3, 0.4) is 0 Å². The molecular weight excluding hydrogens is 458 g/mol. The summed E-state index contributed by atoms with van der Waals surface area (Å²) in [4.78, 5) is 16.5. The van der Waals surface area contributed by atoms with E-state index in [4.69, 9.17) is 19.0 Å². The number of carbonyl (C=O) groups excluding carboxylic acids is 1. The van der Waals surface area contributed by atoms with E-state index in [9.17, 15) is 10.1 Å². The maximum Gasteiger partial charge on any atom is 0.251 e. The predicted molar refractivity (Wildman–Crippen MR) is 133 cm³/mol. The Morgan fingerprint density at radius 3 is 2.64 bits per heavy atom. The Hall–Kier alpha value is -4.19. The lowest BCUT2D eigenvalue weighted by atomic mass is 10.0. The van der Waals surface area contributed by atoms with Gasteiger partial charge in [0.1, 0.15) is 29.2 Å². The fraction of sp³-hybridized carbons (Fsp3) is 0.250. The third kappa shape index (κ3) is 4.93. The number of hydrogen-bond acceptors (Lipinski definition) is 7. The zero-order valence-electron chi connectivity index (χ0n) is 19.6. The van der Waals surface area contributed by atoms with Crippen LogP contribution in [0.25, 0.3) is 33.6 Å². The third-order valence-electron chi connectivity index (χ3n) is 6.11. The van der Waals surface area contributed by atoms with Crippen molar-refractivity contribution >= 4 is 17.0 Å². The fourth-order valence-electron chi connectivity index (χ4n) is 4.23. The largest absolute Gasteiger partial charge is 0.489 e. The Bertz CT molecular complexity index is 1420. The first-order valence-corrected chi connectivity index (χ1v) is 11.8. The predicted octanol–water partition coefficient (Wildman–Crippen LogP) is 4.31. The SMILES string of the molecule is N#Cc1cc(-c2ccnc3cc(-c4ccc(C(=O)NCCO)cc4)oc23)ccc1OC1CCOCC1. The maximum atomic E-state index is 12.1. The zero-order chi connectivity index (χ0) is 24.9. The molecule has 0 unspecified atom stereocenters. The topological polar surface area (TPSA) is 118 Å². The monoisotopic (exact) mass is 483 g/mol. The van der Waals surface area contributed by atoms with Crippen molar-refractivity contribution in [2.75, 3.05) is 26.4 Å². The van der Waals surface area contributed by atoms with Gasteiger partial charge in [-0.2, -0.15) is 5.26 Å². The minimum absolute atomic E-state index is 0.0455. The minimum atomic E-state index is -0.248. The van der Waals surface area contributed by atoms with Crippen LogP contribution in [0.2, 0.25) is 0 Å². The third-order valence-corrected chi connectivity index (χ3v) is 6.11. The van der Waals surface area contributed by atoms with Crippen molar-refractivity contribution in [3.8, 4) is 34.3 Å². The summed E-state index contributed by atoms with van der Waals surface area (Å²) >= 11 is 0. The first-order chi connectivity index (χ1) is 17.7. The summed E-state index contributed by atoms with van der Waals surface area (Å²) in [6, 6.07) is 18.6. The summed E-state index contributed by atoms with van der Waals surface area (Å²) in [6.45, 7) is 1.43. The second-order valence-corrected chi connectivity index (χ2v) is 8.49. The van der Waals surface area contributed by atoms with Crippen LogP contribution in [0.5, 0.6) is 5.75 Å². The van der Waals surface area contributed by atoms with Crippen LogP contribution in [0.15, 0.2) is 65.2 Å². The van der Waals surface area contributed by atoms with E-state index in [1.54, 1.807) is 18.3 Å². The smallest absolute Gasteiger partial charge is 0.251 e. The van der Waals surface area contributed by atoms with Gasteiger partial charge in [0, 0.05) is 48.3 Å². The lowest BCUT2D eigenvalue weighted by Gasteiger charge is -2.23. The molecule has 0 radical (unpaired) electrons. The molecule has 0 bridgehead atoms. The van der Waals surface area contributed by atoms with E-state index in [0.29, 0.717) is 47.0 Å². The number of aliphatic hydroxyl groups excluding tert-OH is 1. The highest BCUT2D eigenvalue weighted by atomic mass is 16.5. The standard InChI is InChI=1S/C28H25N3O5/c29-17-21-15-20(5-6-25(21)35-22-8-13-34-14-9-22)23-7-10-30-24-16-26(36-27(23)24)18-1-3-19(4-2-18)28(33)31-11-12-32/h1-7,10,15-16,22,32H,8-9,11-14H2,(H,31,33). The Labute approximate surface area is 208 Å². The van der Waals surface area contributed by atoms with E-state index < -0.39 is 0 Å². The lowest BCUT2D eigenvalue weighted by Crippen LogP contribution is -2.26. The molecule has 0 saturated carbocycles. The molecule has 2 aromatic heterocycles. The molecule has 0 spiro atoms. The number of carbonyl (C=O) groups is 1. The van der Waals surface area contributed by atoms with E-state index in [2.05, 4.69) is 16.4 Å². The average Bonchev–Trinajstić information content (AvgIpc) is 3.37. The summed E-state index contributed by atoms with van der Waals surface area (Å²) in [5, 5.41) is 21.3. The van der Waals surface area contributed by atoms with Crippen LogP contribution in [-0.2, 0) is 4.74 Å². The van der Waals surface area contributed by atoms with Crippen molar-refractivity contribution in [3.05, 3.63) is 71.9 Å². The Morgan fingerprint density at radius 2 is 1.89 bits per heavy atom. The van der Waals surface area contributed by atoms with Crippen molar-refractivity contribution in [1.29, 1.82) is 5.26 Å². The first-order valence-electron chi connectivity index (χ1n) is 11.8. The molecule has 1 aliphatic rings. The molecule has 3 heterocycles. The molecular formula is C28H25N3O5. The van der Waals surface area contributed by atoms with E-state index in [-0.39, 0.29) is 25.2 Å². The van der Waals surface area contributed by atoms with Gasteiger partial charge in [0.25, 0.3) is 5.91 Å². The highest BCUT2D eigenvalue weighted by Crippen LogP contribution is 2.35. The molecule has 1 saturated heterocycles. The lowest BCUT2D eigenvalue weighted by molar-refractivity contribution is 0.0254. The Kier molecular flexibility index (Phi) is 6.94. The quantitative estimate of drug-likeness (QED) is 0.402. The summed E-state index contributed by atoms with van der Waals surface area (Å²) in [6.07, 6.45) is 3.37. The summed E-state index contributed by atoms with van der Waals surface area (Å²) < 4.78 is 17.7. The highest BCUT2D eigenvalue weighted by molar-refractivity contribution is 5.95. The van der Waals surface area contributed by atoms with Crippen LogP contribution in [0.1, 0.15) is 28.8 Å². The van der Waals surface area contributed by atoms with Gasteiger partial charge >= 0.3 is 0 Å². The first kappa shape index (κ1) is 23.5. The van der Waals surface area contributed by atoms with Crippen molar-refractivity contribution in [2.24, 2.45) is 0 Å². The number of hydrogen-bond donors (Lipinski definition) is 2. The van der Waals surface area contributed by atoms with Crippen molar-refractivity contribution in [3.63, 3.8) is 0 Å². The molecule has 0 aliphatic carbocycles. The number of amides is 1. The van der Waals surface area contributed by atoms with Gasteiger partial charge in [0.15, 0.2) is 5.58 Å². The zero-order valence-corrected chi connectivity index (χ0v) is 19.6. The molecule has 2 aromatic carbocycles. The van der Waals surface area contributed by atoms with Crippen LogP contribution in [0.4, 0.5) is 0 Å². The number of aromatic nitrogens is 1. The molecule has 8 nitrogen and oxygen atoms in total. The average molecular weight is 484 g/mol. The summed E-state index contributed by atoms with van der Waals surface area (Å²) in [5.41, 5.74) is 4.71. The fourth-order valence-corrected chi connectivity index (χ4v) is 4.23. The molecule has 1 amide bonds. The number of rotatable bonds is 7. The molecule has 1 fully saturated rings. The number of aliphatic hydroxyl groups is 1. The van der Waals surface area contributed by atoms with E-state index in [1.807, 2.05) is 42.5 Å². The number of ether oxygens (including phenoxy) is 2. The molecule has 182 valence electrons. The van der Waals surface area contributed by atoms with E-state index >= 15 is 0 Å².